The number of amides is 2. The van der Waals surface area contributed by atoms with E-state index in [1.807, 2.05) is 36.4 Å². The van der Waals surface area contributed by atoms with Gasteiger partial charge < -0.3 is 23.9 Å². The van der Waals surface area contributed by atoms with E-state index in [0.717, 1.165) is 21.8 Å². The highest BCUT2D eigenvalue weighted by Crippen LogP contribution is 2.42. The van der Waals surface area contributed by atoms with Crippen LogP contribution in [-0.4, -0.2) is 65.1 Å². The summed E-state index contributed by atoms with van der Waals surface area (Å²) in [5.41, 5.74) is 3.10. The minimum Gasteiger partial charge on any atom is -0.497 e. The van der Waals surface area contributed by atoms with Gasteiger partial charge in [-0.3, -0.25) is 5.21 Å². The molecule has 3 aromatic rings. The summed E-state index contributed by atoms with van der Waals surface area (Å²) in [5, 5.41) is 19.9. The summed E-state index contributed by atoms with van der Waals surface area (Å²) >= 11 is 0. The molecule has 2 amide bonds. The zero-order valence-corrected chi connectivity index (χ0v) is 20.2. The lowest BCUT2D eigenvalue weighted by atomic mass is 9.97. The lowest BCUT2D eigenvalue weighted by Gasteiger charge is -2.32. The van der Waals surface area contributed by atoms with Crippen molar-refractivity contribution in [2.24, 2.45) is 0 Å². The fourth-order valence-corrected chi connectivity index (χ4v) is 4.26. The van der Waals surface area contributed by atoms with Gasteiger partial charge in [0.05, 0.1) is 26.4 Å². The molecule has 0 unspecified atom stereocenters. The maximum Gasteiger partial charge on any atom is 0.343 e. The lowest BCUT2D eigenvalue weighted by Crippen LogP contribution is -2.45. The molecule has 1 aromatic heterocycles. The first-order valence-electron chi connectivity index (χ1n) is 11.7. The Morgan fingerprint density at radius 3 is 2.46 bits per heavy atom. The second-order valence-corrected chi connectivity index (χ2v) is 8.41. The van der Waals surface area contributed by atoms with Crippen LogP contribution in [0.1, 0.15) is 37.1 Å². The molecule has 4 rings (SSSR count). The molecular weight excluding hydrogens is 450 g/mol. The Kier molecular flexibility index (Phi) is 7.57. The van der Waals surface area contributed by atoms with Crippen LogP contribution in [0.15, 0.2) is 46.9 Å². The van der Waals surface area contributed by atoms with Crippen LogP contribution in [0.4, 0.5) is 4.79 Å². The van der Waals surface area contributed by atoms with Gasteiger partial charge in [-0.2, -0.15) is 0 Å². The summed E-state index contributed by atoms with van der Waals surface area (Å²) in [5.74, 6) is 2.48. The largest absolute Gasteiger partial charge is 0.497 e. The molecule has 35 heavy (non-hydrogen) atoms. The SMILES string of the molecule is CCN(O)C(=O)N1CCC(c2nc(-c3ccc(CO)cc3)c(-c3ccc(OC)cc3OC)o2)CC1. The van der Waals surface area contributed by atoms with Gasteiger partial charge in [0.2, 0.25) is 0 Å². The number of ether oxygens (including phenoxy) is 2. The zero-order chi connectivity index (χ0) is 24.9. The van der Waals surface area contributed by atoms with E-state index < -0.39 is 0 Å². The Balaban J connectivity index is 1.69. The molecule has 1 aliphatic rings. The zero-order valence-electron chi connectivity index (χ0n) is 20.2. The third-order valence-electron chi connectivity index (χ3n) is 6.34. The number of carbonyl (C=O) groups is 1. The molecule has 186 valence electrons. The minimum absolute atomic E-state index is 0.0290. The summed E-state index contributed by atoms with van der Waals surface area (Å²) in [4.78, 5) is 18.8. The van der Waals surface area contributed by atoms with Crippen molar-refractivity contribution >= 4 is 6.03 Å². The van der Waals surface area contributed by atoms with Crippen molar-refractivity contribution in [3.8, 4) is 34.1 Å². The molecule has 2 N–H and O–H groups in total. The monoisotopic (exact) mass is 481 g/mol. The van der Waals surface area contributed by atoms with Crippen molar-refractivity contribution < 1.29 is 29.0 Å². The third-order valence-corrected chi connectivity index (χ3v) is 6.34. The molecule has 2 heterocycles. The standard InChI is InChI=1S/C26H31N3O6/c1-4-29(32)26(31)28-13-11-19(12-14-28)25-27-23(18-7-5-17(16-30)6-8-18)24(35-25)21-10-9-20(33-2)15-22(21)34-3/h5-10,15,19,30,32H,4,11-14,16H2,1-3H3. The average Bonchev–Trinajstić information content (AvgIpc) is 3.37. The molecular formula is C26H31N3O6. The summed E-state index contributed by atoms with van der Waals surface area (Å²) < 4.78 is 17.4. The van der Waals surface area contributed by atoms with Crippen LogP contribution in [0.3, 0.4) is 0 Å². The van der Waals surface area contributed by atoms with Gasteiger partial charge in [-0.15, -0.1) is 0 Å². The fraction of sp³-hybridized carbons (Fsp3) is 0.385. The Labute approximate surface area is 204 Å². The van der Waals surface area contributed by atoms with E-state index in [1.54, 1.807) is 32.1 Å². The van der Waals surface area contributed by atoms with Crippen molar-refractivity contribution in [1.82, 2.24) is 14.9 Å². The number of hydrogen-bond acceptors (Lipinski definition) is 7. The molecule has 1 saturated heterocycles. The molecule has 2 aromatic carbocycles. The molecule has 0 bridgehead atoms. The number of carbonyl (C=O) groups excluding carboxylic acids is 1. The number of piperidine rings is 1. The first kappa shape index (κ1) is 24.6. The number of urea groups is 1. The van der Waals surface area contributed by atoms with Gasteiger partial charge in [-0.05, 0) is 37.5 Å². The van der Waals surface area contributed by atoms with Gasteiger partial charge in [0, 0.05) is 37.2 Å². The van der Waals surface area contributed by atoms with Crippen molar-refractivity contribution in [2.45, 2.75) is 32.3 Å². The van der Waals surface area contributed by atoms with Crippen LogP contribution >= 0.6 is 0 Å². The number of rotatable bonds is 7. The normalized spacial score (nSPS) is 14.1. The predicted molar refractivity (Wildman–Crippen MR) is 130 cm³/mol. The molecule has 0 radical (unpaired) electrons. The smallest absolute Gasteiger partial charge is 0.343 e. The molecule has 0 saturated carbocycles. The van der Waals surface area contributed by atoms with Crippen LogP contribution in [-0.2, 0) is 6.61 Å². The second-order valence-electron chi connectivity index (χ2n) is 8.41. The highest BCUT2D eigenvalue weighted by molar-refractivity contribution is 5.80. The number of nitrogens with zero attached hydrogens (tertiary/aromatic N) is 3. The van der Waals surface area contributed by atoms with E-state index in [2.05, 4.69) is 0 Å². The lowest BCUT2D eigenvalue weighted by molar-refractivity contribution is -0.0543. The van der Waals surface area contributed by atoms with Crippen LogP contribution in [0, 0.1) is 0 Å². The number of likely N-dealkylation sites (tertiary alicyclic amines) is 1. The van der Waals surface area contributed by atoms with Gasteiger partial charge in [-0.1, -0.05) is 24.3 Å². The highest BCUT2D eigenvalue weighted by atomic mass is 16.5. The average molecular weight is 482 g/mol. The number of aliphatic hydroxyl groups is 1. The molecule has 9 nitrogen and oxygen atoms in total. The Morgan fingerprint density at radius 2 is 1.86 bits per heavy atom. The van der Waals surface area contributed by atoms with Crippen molar-refractivity contribution in [2.75, 3.05) is 33.9 Å². The number of hydrogen-bond donors (Lipinski definition) is 2. The first-order chi connectivity index (χ1) is 17.0. The number of methoxy groups -OCH3 is 2. The van der Waals surface area contributed by atoms with Crippen LogP contribution < -0.4 is 9.47 Å². The van der Waals surface area contributed by atoms with E-state index in [-0.39, 0.29) is 25.1 Å². The first-order valence-corrected chi connectivity index (χ1v) is 11.7. The van der Waals surface area contributed by atoms with Gasteiger partial charge >= 0.3 is 6.03 Å². The van der Waals surface area contributed by atoms with Gasteiger partial charge in [-0.25, -0.2) is 14.8 Å². The van der Waals surface area contributed by atoms with Crippen molar-refractivity contribution in [3.05, 3.63) is 53.9 Å². The van der Waals surface area contributed by atoms with E-state index in [1.165, 1.54) is 0 Å². The van der Waals surface area contributed by atoms with Crippen LogP contribution in [0.25, 0.3) is 22.6 Å². The van der Waals surface area contributed by atoms with Gasteiger partial charge in [0.15, 0.2) is 11.7 Å². The minimum atomic E-state index is -0.383. The summed E-state index contributed by atoms with van der Waals surface area (Å²) in [6.45, 7) is 2.93. The van der Waals surface area contributed by atoms with E-state index in [0.29, 0.717) is 54.8 Å². The number of hydroxylamine groups is 2. The van der Waals surface area contributed by atoms with E-state index >= 15 is 0 Å². The third kappa shape index (κ3) is 5.11. The van der Waals surface area contributed by atoms with Crippen molar-refractivity contribution in [3.63, 3.8) is 0 Å². The number of aromatic nitrogens is 1. The summed E-state index contributed by atoms with van der Waals surface area (Å²) in [7, 11) is 3.20. The van der Waals surface area contributed by atoms with Crippen LogP contribution in [0.5, 0.6) is 11.5 Å². The fourth-order valence-electron chi connectivity index (χ4n) is 4.26. The van der Waals surface area contributed by atoms with Gasteiger partial charge in [0.25, 0.3) is 0 Å². The molecule has 9 heteroatoms. The molecule has 1 fully saturated rings. The number of aliphatic hydroxyl groups excluding tert-OH is 1. The van der Waals surface area contributed by atoms with Crippen molar-refractivity contribution in [1.29, 1.82) is 0 Å². The molecule has 0 aliphatic carbocycles. The number of oxazole rings is 1. The second kappa shape index (κ2) is 10.8. The topological polar surface area (TPSA) is 109 Å². The van der Waals surface area contributed by atoms with Gasteiger partial charge in [0.1, 0.15) is 17.2 Å². The summed E-state index contributed by atoms with van der Waals surface area (Å²) in [6, 6.07) is 12.7. The quantitative estimate of drug-likeness (QED) is 0.377. The highest BCUT2D eigenvalue weighted by Gasteiger charge is 2.30. The maximum atomic E-state index is 12.3. The maximum absolute atomic E-state index is 12.3. The Hall–Kier alpha value is -3.56. The molecule has 0 atom stereocenters. The Bertz CT molecular complexity index is 1150. The summed E-state index contributed by atoms with van der Waals surface area (Å²) in [6.07, 6.45) is 1.35. The van der Waals surface area contributed by atoms with E-state index in [9.17, 15) is 15.1 Å². The predicted octanol–water partition coefficient (Wildman–Crippen LogP) is 4.53. The molecule has 0 spiro atoms. The number of benzene rings is 2. The molecule has 1 aliphatic heterocycles. The Morgan fingerprint density at radius 1 is 1.14 bits per heavy atom. The van der Waals surface area contributed by atoms with Crippen LogP contribution in [0.2, 0.25) is 0 Å². The van der Waals surface area contributed by atoms with E-state index in [4.69, 9.17) is 18.9 Å².